The molecule has 0 radical (unpaired) electrons. The zero-order valence-electron chi connectivity index (χ0n) is 22.7. The fraction of sp³-hybridized carbons (Fsp3) is 0.250. The van der Waals surface area contributed by atoms with Crippen LogP contribution in [0.25, 0.3) is 5.69 Å². The van der Waals surface area contributed by atoms with Crippen molar-refractivity contribution < 1.29 is 13.9 Å². The van der Waals surface area contributed by atoms with Crippen molar-refractivity contribution in [2.24, 2.45) is 16.2 Å². The first-order valence-corrected chi connectivity index (χ1v) is 13.5. The maximum Gasteiger partial charge on any atom is 0.196 e. The number of thioether (sulfide) groups is 1. The molecule has 0 amide bonds. The van der Waals surface area contributed by atoms with Gasteiger partial charge in [-0.1, -0.05) is 46.8 Å². The number of ether oxygens (including phenoxy) is 2. The zero-order chi connectivity index (χ0) is 29.0. The summed E-state index contributed by atoms with van der Waals surface area (Å²) in [6, 6.07) is 16.0. The van der Waals surface area contributed by atoms with Crippen LogP contribution in [0.4, 0.5) is 4.39 Å². The van der Waals surface area contributed by atoms with Gasteiger partial charge in [0.2, 0.25) is 0 Å². The summed E-state index contributed by atoms with van der Waals surface area (Å²) < 4.78 is 27.0. The molecule has 40 heavy (non-hydrogen) atoms. The fourth-order valence-electron chi connectivity index (χ4n) is 4.24. The third-order valence-corrected chi connectivity index (χ3v) is 7.85. The predicted octanol–water partition coefficient (Wildman–Crippen LogP) is 6.65. The molecule has 0 unspecified atom stereocenters. The first kappa shape index (κ1) is 29.0. The van der Waals surface area contributed by atoms with E-state index in [0.29, 0.717) is 38.8 Å². The number of benzene rings is 3. The van der Waals surface area contributed by atoms with Gasteiger partial charge in [0.15, 0.2) is 22.6 Å². The molecule has 0 atom stereocenters. The van der Waals surface area contributed by atoms with Crippen LogP contribution in [-0.4, -0.2) is 34.8 Å². The number of aryl methyl sites for hydroxylation is 1. The van der Waals surface area contributed by atoms with E-state index >= 15 is 0 Å². The maximum absolute atomic E-state index is 14.4. The first-order valence-electron chi connectivity index (χ1n) is 12.2. The molecule has 0 saturated heterocycles. The Morgan fingerprint density at radius 3 is 2.52 bits per heavy atom. The summed E-state index contributed by atoms with van der Waals surface area (Å²) in [6.45, 7) is 5.94. The van der Waals surface area contributed by atoms with Gasteiger partial charge in [-0.15, -0.1) is 15.3 Å². The normalized spacial score (nSPS) is 11.7. The lowest BCUT2D eigenvalue weighted by atomic mass is 9.83. The SMILES string of the molecule is COc1cc(-n2c(SCc3ccc(C)c(C(=N)N=NN)c3)nnc2C(C)(C)c2ccc(Cl)c(OC)c2)ccc1F. The number of aromatic nitrogens is 3. The van der Waals surface area contributed by atoms with Crippen LogP contribution in [0.3, 0.4) is 0 Å². The average Bonchev–Trinajstić information content (AvgIpc) is 3.38. The third-order valence-electron chi connectivity index (χ3n) is 6.54. The molecule has 4 aromatic rings. The molecular formula is C28H29ClFN7O2S. The molecule has 3 aromatic carbocycles. The summed E-state index contributed by atoms with van der Waals surface area (Å²) in [5.74, 6) is 6.46. The van der Waals surface area contributed by atoms with Gasteiger partial charge in [0.25, 0.3) is 0 Å². The van der Waals surface area contributed by atoms with E-state index in [-0.39, 0.29) is 11.6 Å². The van der Waals surface area contributed by atoms with Crippen LogP contribution in [0.5, 0.6) is 11.5 Å². The molecule has 0 aliphatic carbocycles. The highest BCUT2D eigenvalue weighted by atomic mass is 35.5. The molecule has 0 saturated carbocycles. The lowest BCUT2D eigenvalue weighted by Gasteiger charge is -2.26. The Labute approximate surface area is 241 Å². The van der Waals surface area contributed by atoms with Gasteiger partial charge in [0.05, 0.1) is 30.3 Å². The van der Waals surface area contributed by atoms with Gasteiger partial charge in [-0.2, -0.15) is 0 Å². The molecule has 3 N–H and O–H groups in total. The molecule has 0 aliphatic heterocycles. The minimum absolute atomic E-state index is 0.0177. The van der Waals surface area contributed by atoms with Gasteiger partial charge in [-0.05, 0) is 67.8 Å². The number of methoxy groups -OCH3 is 2. The summed E-state index contributed by atoms with van der Waals surface area (Å²) in [4.78, 5) is 0. The molecule has 12 heteroatoms. The summed E-state index contributed by atoms with van der Waals surface area (Å²) in [5, 5.41) is 25.3. The van der Waals surface area contributed by atoms with Crippen molar-refractivity contribution in [3.05, 3.63) is 93.5 Å². The second kappa shape index (κ2) is 12.1. The van der Waals surface area contributed by atoms with E-state index in [1.165, 1.54) is 24.9 Å². The van der Waals surface area contributed by atoms with Crippen molar-refractivity contribution in [1.29, 1.82) is 5.41 Å². The second-order valence-electron chi connectivity index (χ2n) is 9.44. The summed E-state index contributed by atoms with van der Waals surface area (Å²) in [7, 11) is 2.99. The maximum atomic E-state index is 14.4. The van der Waals surface area contributed by atoms with E-state index in [9.17, 15) is 4.39 Å². The molecule has 1 aromatic heterocycles. The Balaban J connectivity index is 1.79. The van der Waals surface area contributed by atoms with E-state index in [0.717, 1.165) is 16.7 Å². The summed E-state index contributed by atoms with van der Waals surface area (Å²) in [6.07, 6.45) is 0. The van der Waals surface area contributed by atoms with E-state index in [2.05, 4.69) is 20.5 Å². The fourth-order valence-corrected chi connectivity index (χ4v) is 5.33. The van der Waals surface area contributed by atoms with Crippen molar-refractivity contribution in [1.82, 2.24) is 14.8 Å². The number of rotatable bonds is 9. The minimum Gasteiger partial charge on any atom is -0.495 e. The topological polar surface area (TPSA) is 124 Å². The number of amidine groups is 1. The molecule has 4 rings (SSSR count). The van der Waals surface area contributed by atoms with E-state index in [1.807, 2.05) is 55.7 Å². The lowest BCUT2D eigenvalue weighted by Crippen LogP contribution is -2.24. The number of halogens is 2. The highest BCUT2D eigenvalue weighted by Crippen LogP contribution is 2.38. The van der Waals surface area contributed by atoms with Gasteiger partial charge in [-0.25, -0.2) is 4.39 Å². The number of nitrogens with zero attached hydrogens (tertiary/aromatic N) is 5. The monoisotopic (exact) mass is 581 g/mol. The molecule has 208 valence electrons. The van der Waals surface area contributed by atoms with Crippen molar-refractivity contribution in [3.63, 3.8) is 0 Å². The molecule has 0 fully saturated rings. The van der Waals surface area contributed by atoms with Gasteiger partial charge in [-0.3, -0.25) is 9.98 Å². The largest absolute Gasteiger partial charge is 0.495 e. The smallest absolute Gasteiger partial charge is 0.196 e. The Morgan fingerprint density at radius 1 is 1.07 bits per heavy atom. The van der Waals surface area contributed by atoms with Crippen molar-refractivity contribution in [3.8, 4) is 17.2 Å². The van der Waals surface area contributed by atoms with Crippen molar-refractivity contribution in [2.75, 3.05) is 14.2 Å². The number of nitrogens with one attached hydrogen (secondary N) is 1. The lowest BCUT2D eigenvalue weighted by molar-refractivity contribution is 0.386. The van der Waals surface area contributed by atoms with Gasteiger partial charge in [0.1, 0.15) is 11.6 Å². The Morgan fingerprint density at radius 2 is 1.82 bits per heavy atom. The molecular weight excluding hydrogens is 553 g/mol. The van der Waals surface area contributed by atoms with E-state index in [4.69, 9.17) is 32.3 Å². The predicted molar refractivity (Wildman–Crippen MR) is 155 cm³/mol. The van der Waals surface area contributed by atoms with Crippen molar-refractivity contribution >= 4 is 29.2 Å². The second-order valence-corrected chi connectivity index (χ2v) is 10.8. The van der Waals surface area contributed by atoms with Crippen molar-refractivity contribution in [2.45, 2.75) is 37.1 Å². The number of hydrogen-bond donors (Lipinski definition) is 2. The zero-order valence-corrected chi connectivity index (χ0v) is 24.3. The number of hydrogen-bond acceptors (Lipinski definition) is 7. The molecule has 9 nitrogen and oxygen atoms in total. The van der Waals surface area contributed by atoms with Crippen LogP contribution in [0.2, 0.25) is 5.02 Å². The third kappa shape index (κ3) is 5.80. The molecule has 0 aliphatic rings. The first-order chi connectivity index (χ1) is 19.1. The Bertz CT molecular complexity index is 1590. The Kier molecular flexibility index (Phi) is 8.75. The minimum atomic E-state index is -0.648. The molecule has 0 spiro atoms. The quantitative estimate of drug-likeness (QED) is 0.0569. The standard InChI is InChI=1S/C28H29ClFN7O2S/c1-16-6-7-17(12-20(16)25(31)33-36-32)15-40-27-35-34-26(37(27)19-9-11-22(30)24(14-19)39-5)28(2,3)18-8-10-21(29)23(13-18)38-4/h6-14H,15H2,1-5H3,(H3,31,32,33). The molecule has 1 heterocycles. The van der Waals surface area contributed by atoms with Gasteiger partial charge >= 0.3 is 0 Å². The van der Waals surface area contributed by atoms with Crippen LogP contribution < -0.4 is 15.3 Å². The van der Waals surface area contributed by atoms with Crippen LogP contribution >= 0.6 is 23.4 Å². The van der Waals surface area contributed by atoms with E-state index in [1.54, 1.807) is 25.3 Å². The van der Waals surface area contributed by atoms with Crippen LogP contribution in [0.15, 0.2) is 70.1 Å². The van der Waals surface area contributed by atoms with Gasteiger partial charge in [0, 0.05) is 17.4 Å². The summed E-state index contributed by atoms with van der Waals surface area (Å²) in [5.41, 5.74) is 3.36. The van der Waals surface area contributed by atoms with Gasteiger partial charge < -0.3 is 15.3 Å². The van der Waals surface area contributed by atoms with Crippen LogP contribution in [-0.2, 0) is 11.2 Å². The highest BCUT2D eigenvalue weighted by molar-refractivity contribution is 7.98. The molecule has 0 bridgehead atoms. The van der Waals surface area contributed by atoms with Crippen LogP contribution in [0, 0.1) is 18.2 Å². The summed E-state index contributed by atoms with van der Waals surface area (Å²) >= 11 is 7.74. The van der Waals surface area contributed by atoms with Crippen LogP contribution in [0.1, 0.15) is 41.9 Å². The Hall–Kier alpha value is -3.96. The average molecular weight is 582 g/mol. The van der Waals surface area contributed by atoms with E-state index < -0.39 is 11.2 Å². The number of nitrogens with two attached hydrogens (primary N) is 1. The highest BCUT2D eigenvalue weighted by Gasteiger charge is 2.32.